The molecule has 5 aromatic rings. The quantitative estimate of drug-likeness (QED) is 0.0880. The van der Waals surface area contributed by atoms with E-state index in [0.717, 1.165) is 35.4 Å². The molecule has 13 nitrogen and oxygen atoms in total. The van der Waals surface area contributed by atoms with Gasteiger partial charge in [-0.25, -0.2) is 4.39 Å². The zero-order valence-electron chi connectivity index (χ0n) is 42.1. The molecule has 1 amide bonds. The van der Waals surface area contributed by atoms with Crippen LogP contribution in [0.4, 0.5) is 49.2 Å². The molecule has 3 aromatic carbocycles. The molecule has 6 heterocycles. The van der Waals surface area contributed by atoms with E-state index in [0.29, 0.717) is 91.0 Å². The zero-order chi connectivity index (χ0) is 52.1. The van der Waals surface area contributed by atoms with Crippen molar-refractivity contribution < 1.29 is 50.1 Å². The van der Waals surface area contributed by atoms with Crippen LogP contribution in [-0.4, -0.2) is 95.6 Å². The fraction of sp³-hybridized carbons (Fsp3) is 0.444. The monoisotopic (exact) mass is 1010 g/mol. The van der Waals surface area contributed by atoms with Crippen molar-refractivity contribution in [2.45, 2.75) is 97.3 Å². The highest BCUT2D eigenvalue weighted by atomic mass is 19.4. The lowest BCUT2D eigenvalue weighted by Crippen LogP contribution is -2.43. The molecule has 2 aromatic heterocycles. The number of methoxy groups -OCH3 is 2. The third-order valence-corrected chi connectivity index (χ3v) is 14.4. The summed E-state index contributed by atoms with van der Waals surface area (Å²) in [6.07, 6.45) is -5.20. The van der Waals surface area contributed by atoms with E-state index >= 15 is 17.6 Å². The maximum absolute atomic E-state index is 18.3. The Morgan fingerprint density at radius 2 is 1.66 bits per heavy atom. The summed E-state index contributed by atoms with van der Waals surface area (Å²) in [4.78, 5) is 30.2. The molecule has 9 rings (SSSR count). The van der Waals surface area contributed by atoms with Crippen molar-refractivity contribution in [3.05, 3.63) is 116 Å². The van der Waals surface area contributed by atoms with E-state index in [9.17, 15) is 13.6 Å². The number of carbonyl (C=O) groups excluding carboxylic acids is 1. The Labute approximate surface area is 420 Å². The molecule has 0 radical (unpaired) electrons. The SMILES string of the molecule is CC#Cc1cc(N(c2cc(C)ccc2OC)c2cc(C)ccc2OC)c(F)c(C2Cc3nc(OC[C@]45CCCN4C[C@@H](C=C(F)F)C5)nc(N4CCCn5nc(C(=O)N(C)C)c(C)c5C4)c3CO2)c1C(F)(F)F. The van der Waals surface area contributed by atoms with Crippen molar-refractivity contribution >= 4 is 28.8 Å². The van der Waals surface area contributed by atoms with Crippen molar-refractivity contribution in [2.24, 2.45) is 5.92 Å². The zero-order valence-corrected chi connectivity index (χ0v) is 42.1. The minimum absolute atomic E-state index is 0.0694. The van der Waals surface area contributed by atoms with Crippen LogP contribution in [0, 0.1) is 44.3 Å². The van der Waals surface area contributed by atoms with Gasteiger partial charge in [0.1, 0.15) is 23.9 Å². The van der Waals surface area contributed by atoms with Gasteiger partial charge in [0.25, 0.3) is 12.0 Å². The summed E-state index contributed by atoms with van der Waals surface area (Å²) in [5, 5.41) is 4.68. The highest BCUT2D eigenvalue weighted by molar-refractivity contribution is 5.93. The number of benzene rings is 3. The van der Waals surface area contributed by atoms with Crippen LogP contribution in [0.2, 0.25) is 0 Å². The number of carbonyl (C=O) groups is 1. The Kier molecular flexibility index (Phi) is 14.2. The van der Waals surface area contributed by atoms with Crippen LogP contribution in [0.5, 0.6) is 17.5 Å². The number of hydrogen-bond acceptors (Lipinski definition) is 11. The number of fused-ring (bicyclic) bond motifs is 3. The first-order valence-electron chi connectivity index (χ1n) is 24.2. The van der Waals surface area contributed by atoms with Crippen molar-refractivity contribution in [3.63, 3.8) is 0 Å². The first-order chi connectivity index (χ1) is 34.8. The lowest BCUT2D eigenvalue weighted by atomic mass is 9.90. The number of ether oxygens (including phenoxy) is 4. The standard InChI is InChI=1S/C54H58F6N8O5/c1-9-12-35-24-40(68(38-21-31(2)13-15-42(38)70-7)39-22-32(3)14-16-43(39)71-8)48(57)46(47(35)54(58,59)60)44-25-37-36(29-72-44)50(65-18-11-20-67-41(28-65)33(4)49(63-67)51(69)64(5)6)62-52(61-37)73-30-53-17-10-19-66(53)27-34(26-53)23-45(55)56/h13-16,21-24,34,44H,10-11,17-20,25-30H2,1-8H3/t34-,44?,53+/m0/s1. The van der Waals surface area contributed by atoms with Crippen LogP contribution in [0.15, 0.2) is 54.6 Å². The smallest absolute Gasteiger partial charge is 0.418 e. The highest BCUT2D eigenvalue weighted by Gasteiger charge is 2.49. The first-order valence-corrected chi connectivity index (χ1v) is 24.2. The second-order valence-electron chi connectivity index (χ2n) is 19.5. The molecular weight excluding hydrogens is 955 g/mol. The molecule has 0 N–H and O–H groups in total. The summed E-state index contributed by atoms with van der Waals surface area (Å²) >= 11 is 0. The molecule has 1 unspecified atom stereocenters. The highest BCUT2D eigenvalue weighted by Crippen LogP contribution is 2.51. The van der Waals surface area contributed by atoms with Crippen LogP contribution >= 0.6 is 0 Å². The van der Waals surface area contributed by atoms with Crippen molar-refractivity contribution in [2.75, 3.05) is 64.4 Å². The van der Waals surface area contributed by atoms with Crippen molar-refractivity contribution in [1.82, 2.24) is 29.5 Å². The van der Waals surface area contributed by atoms with Gasteiger partial charge in [-0.05, 0) is 113 Å². The maximum atomic E-state index is 18.3. The van der Waals surface area contributed by atoms with E-state index in [-0.39, 0.29) is 55.4 Å². The number of alkyl halides is 3. The van der Waals surface area contributed by atoms with Gasteiger partial charge in [0.05, 0.1) is 73.0 Å². The Morgan fingerprint density at radius 3 is 2.29 bits per heavy atom. The number of rotatable bonds is 12. The molecule has 19 heteroatoms. The summed E-state index contributed by atoms with van der Waals surface area (Å²) in [5.41, 5.74) is 1.34. The number of aryl methyl sites for hydroxylation is 3. The molecular formula is C54H58F6N8O5. The van der Waals surface area contributed by atoms with Gasteiger partial charge in [-0.1, -0.05) is 18.1 Å². The number of hydrogen-bond donors (Lipinski definition) is 0. The largest absolute Gasteiger partial charge is 0.495 e. The molecule has 4 aliphatic heterocycles. The number of aromatic nitrogens is 4. The number of amides is 1. The number of nitrogens with zero attached hydrogens (tertiary/aromatic N) is 8. The second kappa shape index (κ2) is 20.3. The molecule has 0 spiro atoms. The first kappa shape index (κ1) is 51.1. The van der Waals surface area contributed by atoms with Gasteiger partial charge in [-0.15, -0.1) is 5.92 Å². The van der Waals surface area contributed by atoms with Gasteiger partial charge in [0.2, 0.25) is 0 Å². The Hall–Kier alpha value is -6.78. The molecule has 0 saturated carbocycles. The Balaban J connectivity index is 1.20. The van der Waals surface area contributed by atoms with E-state index in [1.165, 1.54) is 30.9 Å². The maximum Gasteiger partial charge on any atom is 0.418 e. The molecule has 0 aliphatic carbocycles. The average Bonchev–Trinajstić information content (AvgIpc) is 3.93. The van der Waals surface area contributed by atoms with Gasteiger partial charge in [0.15, 0.2) is 11.5 Å². The lowest BCUT2D eigenvalue weighted by molar-refractivity contribution is -0.140. The van der Waals surface area contributed by atoms with Crippen molar-refractivity contribution in [1.29, 1.82) is 0 Å². The van der Waals surface area contributed by atoms with Crippen molar-refractivity contribution in [3.8, 4) is 29.4 Å². The molecule has 386 valence electrons. The molecule has 2 fully saturated rings. The lowest BCUT2D eigenvalue weighted by Gasteiger charge is -2.34. The number of anilines is 4. The van der Waals surface area contributed by atoms with Gasteiger partial charge in [0, 0.05) is 62.4 Å². The van der Waals surface area contributed by atoms with Crippen LogP contribution in [-0.2, 0) is 37.0 Å². The normalized spacial score (nSPS) is 19.5. The molecule has 4 aliphatic rings. The Morgan fingerprint density at radius 1 is 0.959 bits per heavy atom. The molecule has 0 bridgehead atoms. The van der Waals surface area contributed by atoms with Crippen LogP contribution in [0.25, 0.3) is 0 Å². The average molecular weight is 1010 g/mol. The Bertz CT molecular complexity index is 3000. The predicted octanol–water partition coefficient (Wildman–Crippen LogP) is 10.6. The minimum Gasteiger partial charge on any atom is -0.495 e. The van der Waals surface area contributed by atoms with Crippen LogP contribution < -0.4 is 24.0 Å². The topological polar surface area (TPSA) is 111 Å². The summed E-state index contributed by atoms with van der Waals surface area (Å²) in [5.74, 6) is 4.43. The molecule has 2 saturated heterocycles. The molecule has 73 heavy (non-hydrogen) atoms. The van der Waals surface area contributed by atoms with E-state index in [4.69, 9.17) is 28.9 Å². The third kappa shape index (κ3) is 9.78. The van der Waals surface area contributed by atoms with Crippen LogP contribution in [0.3, 0.4) is 0 Å². The fourth-order valence-corrected chi connectivity index (χ4v) is 11.0. The van der Waals surface area contributed by atoms with Gasteiger partial charge < -0.3 is 33.6 Å². The van der Waals surface area contributed by atoms with E-state index in [1.807, 2.05) is 42.5 Å². The van der Waals surface area contributed by atoms with E-state index in [2.05, 4.69) is 21.8 Å². The summed E-state index contributed by atoms with van der Waals surface area (Å²) in [6.45, 7) is 9.03. The third-order valence-electron chi connectivity index (χ3n) is 14.4. The molecule has 3 atom stereocenters. The van der Waals surface area contributed by atoms with Gasteiger partial charge in [-0.3, -0.25) is 14.4 Å². The summed E-state index contributed by atoms with van der Waals surface area (Å²) in [7, 11) is 6.22. The minimum atomic E-state index is -5.11. The van der Waals surface area contributed by atoms with Gasteiger partial charge >= 0.3 is 12.2 Å². The van der Waals surface area contributed by atoms with Gasteiger partial charge in [-0.2, -0.15) is 37.0 Å². The van der Waals surface area contributed by atoms with E-state index in [1.54, 1.807) is 38.4 Å². The fourth-order valence-electron chi connectivity index (χ4n) is 11.0. The van der Waals surface area contributed by atoms with E-state index < -0.39 is 46.4 Å². The predicted molar refractivity (Wildman–Crippen MR) is 263 cm³/mol. The second-order valence-corrected chi connectivity index (χ2v) is 19.5. The number of halogens is 6. The van der Waals surface area contributed by atoms with Crippen LogP contribution in [0.1, 0.15) is 99.5 Å². The summed E-state index contributed by atoms with van der Waals surface area (Å²) < 4.78 is 119. The summed E-state index contributed by atoms with van der Waals surface area (Å²) in [6, 6.07) is 11.5.